The second kappa shape index (κ2) is 26.8. The molecule has 1 heterocycles. The van der Waals surface area contributed by atoms with Gasteiger partial charge >= 0.3 is 19.6 Å². The van der Waals surface area contributed by atoms with Crippen molar-refractivity contribution in [3.8, 4) is 0 Å². The molecule has 0 amide bonds. The van der Waals surface area contributed by atoms with E-state index in [1.54, 1.807) is 20.8 Å². The molecule has 0 spiro atoms. The summed E-state index contributed by atoms with van der Waals surface area (Å²) in [5.41, 5.74) is 12.6. The van der Waals surface area contributed by atoms with Crippen LogP contribution in [0.25, 0.3) is 0 Å². The number of ether oxygens (including phenoxy) is 4. The van der Waals surface area contributed by atoms with E-state index in [1.807, 2.05) is 46.4 Å². The fourth-order valence-electron chi connectivity index (χ4n) is 5.00. The van der Waals surface area contributed by atoms with E-state index in [2.05, 4.69) is 26.7 Å². The van der Waals surface area contributed by atoms with Crippen molar-refractivity contribution >= 4 is 31.7 Å². The first-order valence-corrected chi connectivity index (χ1v) is 20.0. The molecule has 0 radical (unpaired) electrons. The number of nitrogens with two attached hydrogens (primary N) is 2. The van der Waals surface area contributed by atoms with Crippen molar-refractivity contribution in [2.45, 2.75) is 112 Å². The zero-order chi connectivity index (χ0) is 40.7. The third-order valence-corrected chi connectivity index (χ3v) is 9.24. The summed E-state index contributed by atoms with van der Waals surface area (Å²) < 4.78 is 41.6. The minimum atomic E-state index is -4.28. The highest BCUT2D eigenvalue weighted by molar-refractivity contribution is 7.54. The van der Waals surface area contributed by atoms with E-state index in [1.165, 1.54) is 13.3 Å². The molecule has 0 aliphatic carbocycles. The SMILES string of the molecule is C=C(N)/N=C(\C(N=CCC(O)C(O)C(COP(=O)(N[C@@H](CC(C)C)C(=O)OCC)N[C@@H](CC(C)C)C(=O)OCC)OC)=C(/C)N)N1CCOCC1.CC. The Morgan fingerprint density at radius 3 is 1.87 bits per heavy atom. The van der Waals surface area contributed by atoms with Gasteiger partial charge in [0, 0.05) is 38.5 Å². The molecule has 3 unspecified atom stereocenters. The Hall–Kier alpha value is -2.89. The van der Waals surface area contributed by atoms with Gasteiger partial charge in [0.05, 0.1) is 39.1 Å². The number of esters is 2. The van der Waals surface area contributed by atoms with Crippen LogP contribution >= 0.6 is 7.67 Å². The average molecular weight is 778 g/mol. The van der Waals surface area contributed by atoms with Crippen LogP contribution < -0.4 is 21.6 Å². The van der Waals surface area contributed by atoms with E-state index in [0.717, 1.165) is 0 Å². The number of nitrogens with one attached hydrogen (secondary N) is 2. The largest absolute Gasteiger partial charge is 0.465 e. The van der Waals surface area contributed by atoms with Crippen LogP contribution in [0.4, 0.5) is 0 Å². The van der Waals surface area contributed by atoms with Gasteiger partial charge in [-0.25, -0.2) is 15.2 Å². The summed E-state index contributed by atoms with van der Waals surface area (Å²) in [4.78, 5) is 36.5. The number of hydrogen-bond donors (Lipinski definition) is 6. The molecule has 1 saturated heterocycles. The van der Waals surface area contributed by atoms with E-state index in [9.17, 15) is 24.4 Å². The summed E-state index contributed by atoms with van der Waals surface area (Å²) in [6.07, 6.45) is -2.46. The molecule has 5 atom stereocenters. The van der Waals surface area contributed by atoms with Gasteiger partial charge in [0.1, 0.15) is 35.8 Å². The monoisotopic (exact) mass is 777 g/mol. The number of morpholine rings is 1. The number of amidine groups is 1. The highest BCUT2D eigenvalue weighted by Gasteiger charge is 2.38. The molecule has 18 heteroatoms. The maximum Gasteiger partial charge on any atom is 0.342 e. The number of carbonyl (C=O) groups is 2. The molecule has 308 valence electrons. The molecule has 1 fully saturated rings. The highest BCUT2D eigenvalue weighted by Crippen LogP contribution is 2.41. The zero-order valence-corrected chi connectivity index (χ0v) is 34.4. The topological polar surface area (TPSA) is 242 Å². The average Bonchev–Trinajstić information content (AvgIpc) is 3.09. The van der Waals surface area contributed by atoms with Gasteiger partial charge in [-0.3, -0.25) is 19.1 Å². The second-order valence-electron chi connectivity index (χ2n) is 12.9. The number of aliphatic hydroxyl groups is 2. The van der Waals surface area contributed by atoms with E-state index < -0.39 is 56.6 Å². The molecule has 1 aliphatic heterocycles. The quantitative estimate of drug-likeness (QED) is 0.0378. The van der Waals surface area contributed by atoms with E-state index in [4.69, 9.17) is 34.9 Å². The van der Waals surface area contributed by atoms with Gasteiger partial charge in [-0.15, -0.1) is 0 Å². The Labute approximate surface area is 316 Å². The number of aliphatic hydroxyl groups excluding tert-OH is 2. The first-order valence-electron chi connectivity index (χ1n) is 18.4. The third kappa shape index (κ3) is 19.3. The van der Waals surface area contributed by atoms with Crippen molar-refractivity contribution in [1.29, 1.82) is 0 Å². The van der Waals surface area contributed by atoms with Crippen LogP contribution in [0.2, 0.25) is 0 Å². The lowest BCUT2D eigenvalue weighted by molar-refractivity contribution is -0.146. The molecular formula is C35H68N7O10P. The Morgan fingerprint density at radius 1 is 0.981 bits per heavy atom. The summed E-state index contributed by atoms with van der Waals surface area (Å²) in [6, 6.07) is -2.12. The van der Waals surface area contributed by atoms with Crippen molar-refractivity contribution in [3.63, 3.8) is 0 Å². The van der Waals surface area contributed by atoms with Gasteiger partial charge in [-0.1, -0.05) is 48.1 Å². The number of allylic oxidation sites excluding steroid dienone is 1. The van der Waals surface area contributed by atoms with Crippen LogP contribution in [0.5, 0.6) is 0 Å². The van der Waals surface area contributed by atoms with E-state index in [0.29, 0.717) is 43.5 Å². The van der Waals surface area contributed by atoms with Gasteiger partial charge in [0.15, 0.2) is 5.84 Å². The molecule has 0 aromatic heterocycles. The number of nitrogens with zero attached hydrogens (tertiary/aromatic N) is 3. The van der Waals surface area contributed by atoms with Crippen molar-refractivity contribution in [2.75, 3.05) is 53.2 Å². The molecule has 0 aromatic rings. The Bertz CT molecular complexity index is 1200. The predicted molar refractivity (Wildman–Crippen MR) is 207 cm³/mol. The third-order valence-electron chi connectivity index (χ3n) is 7.42. The van der Waals surface area contributed by atoms with Crippen LogP contribution in [0.1, 0.15) is 81.6 Å². The lowest BCUT2D eigenvalue weighted by Gasteiger charge is -2.31. The van der Waals surface area contributed by atoms with Crippen LogP contribution in [-0.2, 0) is 37.6 Å². The number of methoxy groups -OCH3 is 1. The summed E-state index contributed by atoms with van der Waals surface area (Å²) in [5, 5.41) is 27.6. The fraction of sp³-hybridized carbons (Fsp3) is 0.771. The molecule has 53 heavy (non-hydrogen) atoms. The fourth-order valence-corrected chi connectivity index (χ4v) is 6.82. The Balaban J connectivity index is 0.0000133. The van der Waals surface area contributed by atoms with Crippen LogP contribution in [0.15, 0.2) is 33.8 Å². The predicted octanol–water partition coefficient (Wildman–Crippen LogP) is 2.82. The maximum atomic E-state index is 14.5. The minimum absolute atomic E-state index is 0.00834. The molecule has 1 aliphatic rings. The molecular weight excluding hydrogens is 709 g/mol. The van der Waals surface area contributed by atoms with Gasteiger partial charge in [0.25, 0.3) is 0 Å². The Kier molecular flexibility index (Phi) is 25.4. The van der Waals surface area contributed by atoms with Gasteiger partial charge in [0.2, 0.25) is 0 Å². The Morgan fingerprint density at radius 2 is 1.47 bits per heavy atom. The molecule has 1 rings (SSSR count). The first-order chi connectivity index (χ1) is 25.0. The normalized spacial score (nSPS) is 17.4. The van der Waals surface area contributed by atoms with Crippen molar-refractivity contribution in [3.05, 3.63) is 23.8 Å². The molecule has 8 N–H and O–H groups in total. The highest BCUT2D eigenvalue weighted by atomic mass is 31.2. The van der Waals surface area contributed by atoms with Gasteiger partial charge in [-0.2, -0.15) is 0 Å². The number of carbonyl (C=O) groups excluding carboxylic acids is 2. The lowest BCUT2D eigenvalue weighted by Crippen LogP contribution is -2.47. The summed E-state index contributed by atoms with van der Waals surface area (Å²) >= 11 is 0. The zero-order valence-electron chi connectivity index (χ0n) is 33.5. The molecule has 0 saturated carbocycles. The molecule has 17 nitrogen and oxygen atoms in total. The number of hydrogen-bond acceptors (Lipinski definition) is 14. The summed E-state index contributed by atoms with van der Waals surface area (Å²) in [5.74, 6) is -0.860. The summed E-state index contributed by atoms with van der Waals surface area (Å²) in [7, 11) is -3.00. The van der Waals surface area contributed by atoms with Gasteiger partial charge < -0.3 is 50.1 Å². The second-order valence-corrected chi connectivity index (χ2v) is 14.8. The van der Waals surface area contributed by atoms with Crippen molar-refractivity contribution < 1.29 is 47.8 Å². The van der Waals surface area contributed by atoms with Crippen molar-refractivity contribution in [2.24, 2.45) is 33.3 Å². The minimum Gasteiger partial charge on any atom is -0.465 e. The maximum absolute atomic E-state index is 14.5. The van der Waals surface area contributed by atoms with E-state index in [-0.39, 0.29) is 50.1 Å². The first kappa shape index (κ1) is 50.1. The molecule has 0 aromatic carbocycles. The number of rotatable bonds is 23. The number of aliphatic imine (C=N–C) groups is 2. The van der Waals surface area contributed by atoms with Crippen LogP contribution in [-0.4, -0.2) is 123 Å². The smallest absolute Gasteiger partial charge is 0.342 e. The standard InChI is InChI=1S/C33H62N7O10P.C2H6/c1-10-48-32(43)25(18-21(3)4)38-51(45,39-26(19-22(5)6)33(44)49-11-2)50-20-28(46-9)30(42)27(41)12-13-36-29(23(7)34)31(37-24(8)35)40-14-16-47-17-15-40;1-2/h13,21-22,25-28,30,41-42H,8,10-12,14-20,34-35H2,1-7,9H3,(H2,38,39,45);1-2H3/b29-23-,36-13?,37-31+;/t25-,26-,27?,28?,30?;/m0./s1. The van der Waals surface area contributed by atoms with Gasteiger partial charge in [-0.05, 0) is 45.4 Å². The van der Waals surface area contributed by atoms with Crippen molar-refractivity contribution in [1.82, 2.24) is 15.1 Å². The lowest BCUT2D eigenvalue weighted by atomic mass is 10.1. The van der Waals surface area contributed by atoms with Crippen LogP contribution in [0, 0.1) is 11.8 Å². The molecule has 0 bridgehead atoms. The van der Waals surface area contributed by atoms with Crippen LogP contribution in [0.3, 0.4) is 0 Å². The van der Waals surface area contributed by atoms with E-state index >= 15 is 0 Å². The summed E-state index contributed by atoms with van der Waals surface area (Å²) in [6.45, 7) is 21.8.